The van der Waals surface area contributed by atoms with Crippen LogP contribution in [0.25, 0.3) is 0 Å². The minimum Gasteiger partial charge on any atom is -0.454 e. The third kappa shape index (κ3) is 5.36. The molecule has 1 fully saturated rings. The summed E-state index contributed by atoms with van der Waals surface area (Å²) in [4.78, 5) is 30.1. The van der Waals surface area contributed by atoms with Gasteiger partial charge in [0, 0.05) is 59.9 Å². The minimum absolute atomic E-state index is 0.00958. The maximum atomic E-state index is 12.6. The van der Waals surface area contributed by atoms with Gasteiger partial charge in [0.1, 0.15) is 0 Å². The molecule has 2 aliphatic rings. The van der Waals surface area contributed by atoms with Gasteiger partial charge in [-0.3, -0.25) is 14.5 Å². The van der Waals surface area contributed by atoms with Crippen molar-refractivity contribution in [3.63, 3.8) is 0 Å². The fourth-order valence-corrected chi connectivity index (χ4v) is 3.46. The monoisotopic (exact) mass is 391 g/mol. The zero-order chi connectivity index (χ0) is 19.9. The van der Waals surface area contributed by atoms with Crippen molar-refractivity contribution in [3.05, 3.63) is 23.8 Å². The summed E-state index contributed by atoms with van der Waals surface area (Å²) >= 11 is 0. The number of piperazine rings is 1. The average Bonchev–Trinajstić information content (AvgIpc) is 3.15. The maximum absolute atomic E-state index is 12.6. The summed E-state index contributed by atoms with van der Waals surface area (Å²) in [5.41, 5.74) is 1.17. The molecule has 1 aromatic rings. The molecule has 0 spiro atoms. The van der Waals surface area contributed by atoms with Crippen LogP contribution in [0.4, 0.5) is 0 Å². The molecular formula is C20H29N3O5. The van der Waals surface area contributed by atoms with E-state index in [1.54, 1.807) is 12.0 Å². The molecular weight excluding hydrogens is 362 g/mol. The smallest absolute Gasteiger partial charge is 0.242 e. The molecule has 2 aliphatic heterocycles. The number of benzene rings is 1. The Morgan fingerprint density at radius 3 is 2.61 bits per heavy atom. The van der Waals surface area contributed by atoms with E-state index in [2.05, 4.69) is 11.0 Å². The van der Waals surface area contributed by atoms with Gasteiger partial charge in [0.25, 0.3) is 0 Å². The fraction of sp³-hybridized carbons (Fsp3) is 0.600. The summed E-state index contributed by atoms with van der Waals surface area (Å²) in [7, 11) is 1.63. The highest BCUT2D eigenvalue weighted by molar-refractivity contribution is 5.83. The molecule has 0 atom stereocenters. The first-order valence-electron chi connectivity index (χ1n) is 9.70. The molecule has 0 bridgehead atoms. The lowest BCUT2D eigenvalue weighted by molar-refractivity contribution is -0.140. The molecule has 0 aromatic heterocycles. The number of hydrogen-bond acceptors (Lipinski definition) is 6. The molecule has 154 valence electrons. The highest BCUT2D eigenvalue weighted by Gasteiger charge is 2.24. The molecule has 0 saturated carbocycles. The Bertz CT molecular complexity index is 688. The molecule has 2 heterocycles. The Morgan fingerprint density at radius 2 is 1.89 bits per heavy atom. The van der Waals surface area contributed by atoms with Crippen LogP contribution in [0.2, 0.25) is 0 Å². The Morgan fingerprint density at radius 1 is 1.14 bits per heavy atom. The van der Waals surface area contributed by atoms with Gasteiger partial charge in [-0.05, 0) is 24.1 Å². The third-order valence-corrected chi connectivity index (χ3v) is 5.12. The molecule has 8 heteroatoms. The molecule has 0 unspecified atom stereocenters. The fourth-order valence-electron chi connectivity index (χ4n) is 3.46. The number of ether oxygens (including phenoxy) is 3. The van der Waals surface area contributed by atoms with Crippen molar-refractivity contribution < 1.29 is 23.8 Å². The Balaban J connectivity index is 1.45. The van der Waals surface area contributed by atoms with Crippen LogP contribution in [0, 0.1) is 0 Å². The van der Waals surface area contributed by atoms with Gasteiger partial charge in [0.2, 0.25) is 18.6 Å². The van der Waals surface area contributed by atoms with Crippen LogP contribution in [-0.4, -0.2) is 86.3 Å². The predicted octanol–water partition coefficient (Wildman–Crippen LogP) is 0.945. The second kappa shape index (κ2) is 9.75. The van der Waals surface area contributed by atoms with Gasteiger partial charge in [-0.15, -0.1) is 0 Å². The van der Waals surface area contributed by atoms with Gasteiger partial charge in [-0.2, -0.15) is 0 Å². The van der Waals surface area contributed by atoms with Crippen molar-refractivity contribution in [2.24, 2.45) is 0 Å². The molecule has 3 rings (SSSR count). The number of carbonyl (C=O) groups is 2. The quantitative estimate of drug-likeness (QED) is 0.615. The van der Waals surface area contributed by atoms with E-state index in [0.717, 1.165) is 37.6 Å². The summed E-state index contributed by atoms with van der Waals surface area (Å²) < 4.78 is 15.8. The topological polar surface area (TPSA) is 71.6 Å². The van der Waals surface area contributed by atoms with Crippen molar-refractivity contribution in [2.75, 3.05) is 59.8 Å². The number of methoxy groups -OCH3 is 1. The lowest BCUT2D eigenvalue weighted by atomic mass is 10.1. The summed E-state index contributed by atoms with van der Waals surface area (Å²) in [5.74, 6) is 1.52. The van der Waals surface area contributed by atoms with Gasteiger partial charge in [0.15, 0.2) is 11.5 Å². The van der Waals surface area contributed by atoms with E-state index in [0.29, 0.717) is 26.2 Å². The summed E-state index contributed by atoms with van der Waals surface area (Å²) in [6, 6.07) is 6.01. The van der Waals surface area contributed by atoms with Crippen LogP contribution < -0.4 is 9.47 Å². The third-order valence-electron chi connectivity index (χ3n) is 5.12. The lowest BCUT2D eigenvalue weighted by Crippen LogP contribution is -2.51. The first kappa shape index (κ1) is 20.4. The molecule has 0 N–H and O–H groups in total. The van der Waals surface area contributed by atoms with Crippen LogP contribution in [0.1, 0.15) is 18.9 Å². The number of fused-ring (bicyclic) bond motifs is 1. The van der Waals surface area contributed by atoms with Crippen LogP contribution in [0.3, 0.4) is 0 Å². The molecule has 8 nitrogen and oxygen atoms in total. The highest BCUT2D eigenvalue weighted by Crippen LogP contribution is 2.32. The summed E-state index contributed by atoms with van der Waals surface area (Å²) in [5, 5.41) is 0. The van der Waals surface area contributed by atoms with Crippen molar-refractivity contribution in [1.82, 2.24) is 14.7 Å². The average molecular weight is 391 g/mol. The van der Waals surface area contributed by atoms with Gasteiger partial charge in [-0.1, -0.05) is 6.07 Å². The second-order valence-electron chi connectivity index (χ2n) is 7.13. The lowest BCUT2D eigenvalue weighted by Gasteiger charge is -2.35. The molecule has 28 heavy (non-hydrogen) atoms. The van der Waals surface area contributed by atoms with Crippen molar-refractivity contribution >= 4 is 11.8 Å². The van der Waals surface area contributed by atoms with Gasteiger partial charge < -0.3 is 24.0 Å². The number of nitrogens with zero attached hydrogens (tertiary/aromatic N) is 3. The van der Waals surface area contributed by atoms with Gasteiger partial charge in [0.05, 0.1) is 6.54 Å². The summed E-state index contributed by atoms with van der Waals surface area (Å²) in [6.07, 6.45) is 0.729. The molecule has 0 radical (unpaired) electrons. The van der Waals surface area contributed by atoms with Crippen LogP contribution in [-0.2, 0) is 20.9 Å². The predicted molar refractivity (Wildman–Crippen MR) is 103 cm³/mol. The Hall–Kier alpha value is -2.32. The largest absolute Gasteiger partial charge is 0.454 e. The molecule has 0 aliphatic carbocycles. The Kier molecular flexibility index (Phi) is 7.11. The van der Waals surface area contributed by atoms with Crippen LogP contribution in [0.15, 0.2) is 18.2 Å². The van der Waals surface area contributed by atoms with Gasteiger partial charge >= 0.3 is 0 Å². The zero-order valence-corrected chi connectivity index (χ0v) is 16.7. The standard InChI is InChI=1S/C20H29N3O5/c1-16(24)23(6-3-11-26-2)14-20(25)22-9-7-21(8-10-22)13-17-4-5-18-19(12-17)28-15-27-18/h4-5,12H,3,6-11,13-15H2,1-2H3. The van der Waals surface area contributed by atoms with Crippen LogP contribution in [0.5, 0.6) is 11.5 Å². The second-order valence-corrected chi connectivity index (χ2v) is 7.13. The molecule has 1 aromatic carbocycles. The highest BCUT2D eigenvalue weighted by atomic mass is 16.7. The normalized spacial score (nSPS) is 16.3. The van der Waals surface area contributed by atoms with E-state index >= 15 is 0 Å². The zero-order valence-electron chi connectivity index (χ0n) is 16.7. The maximum Gasteiger partial charge on any atom is 0.242 e. The van der Waals surface area contributed by atoms with E-state index in [-0.39, 0.29) is 25.2 Å². The Labute approximate surface area is 165 Å². The number of hydrogen-bond donors (Lipinski definition) is 0. The number of amides is 2. The number of carbonyl (C=O) groups excluding carboxylic acids is 2. The first-order valence-corrected chi connectivity index (χ1v) is 9.70. The van der Waals surface area contributed by atoms with Crippen molar-refractivity contribution in [1.29, 1.82) is 0 Å². The van der Waals surface area contributed by atoms with E-state index in [4.69, 9.17) is 14.2 Å². The molecule has 2 amide bonds. The minimum atomic E-state index is -0.0779. The van der Waals surface area contributed by atoms with Crippen molar-refractivity contribution in [2.45, 2.75) is 19.9 Å². The van der Waals surface area contributed by atoms with Crippen molar-refractivity contribution in [3.8, 4) is 11.5 Å². The van der Waals surface area contributed by atoms with E-state index < -0.39 is 0 Å². The van der Waals surface area contributed by atoms with E-state index in [1.165, 1.54) is 12.5 Å². The molecule has 1 saturated heterocycles. The van der Waals surface area contributed by atoms with E-state index in [1.807, 2.05) is 17.0 Å². The first-order chi connectivity index (χ1) is 13.6. The number of rotatable bonds is 8. The van der Waals surface area contributed by atoms with Gasteiger partial charge in [-0.25, -0.2) is 0 Å². The van der Waals surface area contributed by atoms with Crippen LogP contribution >= 0.6 is 0 Å². The summed E-state index contributed by atoms with van der Waals surface area (Å²) in [6.45, 7) is 6.83. The van der Waals surface area contributed by atoms with E-state index in [9.17, 15) is 9.59 Å². The SMILES string of the molecule is COCCCN(CC(=O)N1CCN(Cc2ccc3c(c2)OCO3)CC1)C(C)=O.